The minimum Gasteiger partial charge on any atom is -0.383 e. The van der Waals surface area contributed by atoms with Crippen LogP contribution in [-0.4, -0.2) is 33.5 Å². The lowest BCUT2D eigenvalue weighted by Crippen LogP contribution is -2.12. The van der Waals surface area contributed by atoms with Crippen molar-refractivity contribution < 1.29 is 9.47 Å². The molecule has 0 aromatic heterocycles. The second-order valence-corrected chi connectivity index (χ2v) is 3.35. The largest absolute Gasteiger partial charge is 0.383 e. The summed E-state index contributed by atoms with van der Waals surface area (Å²) < 4.78 is 10.2. The molecule has 3 heteroatoms. The maximum atomic E-state index is 5.35. The molecule has 1 aromatic carbocycles. The fourth-order valence-corrected chi connectivity index (χ4v) is 1.27. The summed E-state index contributed by atoms with van der Waals surface area (Å²) in [6.45, 7) is 4.94. The molecule has 0 heterocycles. The van der Waals surface area contributed by atoms with E-state index in [1.54, 1.807) is 7.11 Å². The summed E-state index contributed by atoms with van der Waals surface area (Å²) in [5.74, 6) is 0. The predicted octanol–water partition coefficient (Wildman–Crippen LogP) is 2.07. The lowest BCUT2D eigenvalue weighted by atomic mass is 10.2. The summed E-state index contributed by atoms with van der Waals surface area (Å²) in [7, 11) is 1.68. The van der Waals surface area contributed by atoms with E-state index in [2.05, 4.69) is 24.4 Å². The van der Waals surface area contributed by atoms with Crippen LogP contribution in [-0.2, 0) is 9.47 Å². The number of rotatable bonds is 7. The van der Waals surface area contributed by atoms with Crippen molar-refractivity contribution in [3.8, 4) is 0 Å². The molecule has 0 atom stereocenters. The van der Waals surface area contributed by atoms with Gasteiger partial charge in [-0.05, 0) is 18.6 Å². The first kappa shape index (κ1) is 12.0. The van der Waals surface area contributed by atoms with E-state index in [4.69, 9.17) is 9.47 Å². The predicted molar refractivity (Wildman–Crippen MR) is 62.4 cm³/mol. The molecule has 0 bridgehead atoms. The van der Waals surface area contributed by atoms with E-state index >= 15 is 0 Å². The first-order chi connectivity index (χ1) is 7.34. The van der Waals surface area contributed by atoms with E-state index in [1.165, 1.54) is 11.3 Å². The Morgan fingerprint density at radius 1 is 1.13 bits per heavy atom. The van der Waals surface area contributed by atoms with Crippen LogP contribution in [0.25, 0.3) is 0 Å². The van der Waals surface area contributed by atoms with Gasteiger partial charge in [0, 0.05) is 19.3 Å². The van der Waals surface area contributed by atoms with E-state index in [1.807, 2.05) is 12.1 Å². The fraction of sp³-hybridized carbons (Fsp3) is 0.500. The number of hydrogen-bond acceptors (Lipinski definition) is 3. The van der Waals surface area contributed by atoms with Crippen LogP contribution in [0.15, 0.2) is 24.3 Å². The third-order valence-electron chi connectivity index (χ3n) is 2.14. The monoisotopic (exact) mass is 209 g/mol. The summed E-state index contributed by atoms with van der Waals surface area (Å²) in [6.07, 6.45) is 0. The van der Waals surface area contributed by atoms with Crippen molar-refractivity contribution in [2.45, 2.75) is 6.92 Å². The maximum Gasteiger partial charge on any atom is 0.0701 e. The molecule has 0 spiro atoms. The zero-order chi connectivity index (χ0) is 10.9. The quantitative estimate of drug-likeness (QED) is 0.697. The van der Waals surface area contributed by atoms with E-state index in [0.29, 0.717) is 19.8 Å². The number of benzene rings is 1. The Balaban J connectivity index is 2.12. The summed E-state index contributed by atoms with van der Waals surface area (Å²) >= 11 is 0. The minimum absolute atomic E-state index is 0.657. The first-order valence-electron chi connectivity index (χ1n) is 5.21. The summed E-state index contributed by atoms with van der Waals surface area (Å²) in [5.41, 5.74) is 2.43. The van der Waals surface area contributed by atoms with Gasteiger partial charge in [0.15, 0.2) is 0 Å². The van der Waals surface area contributed by atoms with Crippen molar-refractivity contribution >= 4 is 5.69 Å². The molecule has 0 saturated heterocycles. The van der Waals surface area contributed by atoms with Crippen molar-refractivity contribution in [3.05, 3.63) is 29.8 Å². The van der Waals surface area contributed by atoms with Crippen molar-refractivity contribution in [3.63, 3.8) is 0 Å². The van der Waals surface area contributed by atoms with Crippen LogP contribution in [0.1, 0.15) is 5.56 Å². The van der Waals surface area contributed by atoms with E-state index in [-0.39, 0.29) is 0 Å². The molecule has 0 aliphatic heterocycles. The zero-order valence-electron chi connectivity index (χ0n) is 9.45. The van der Waals surface area contributed by atoms with Crippen molar-refractivity contribution in [2.75, 3.05) is 38.8 Å². The molecule has 84 valence electrons. The first-order valence-corrected chi connectivity index (χ1v) is 5.21. The Hall–Kier alpha value is -1.06. The summed E-state index contributed by atoms with van der Waals surface area (Å²) in [4.78, 5) is 0. The molecule has 3 nitrogen and oxygen atoms in total. The van der Waals surface area contributed by atoms with Gasteiger partial charge in [0.2, 0.25) is 0 Å². The van der Waals surface area contributed by atoms with Crippen molar-refractivity contribution in [1.82, 2.24) is 0 Å². The highest BCUT2D eigenvalue weighted by Gasteiger charge is 1.94. The highest BCUT2D eigenvalue weighted by Crippen LogP contribution is 2.12. The number of hydrogen-bond donors (Lipinski definition) is 1. The standard InChI is InChI=1S/C12H19NO2/c1-11-5-3-4-6-12(11)13-7-8-15-10-9-14-2/h3-6,13H,7-10H2,1-2H3. The van der Waals surface area contributed by atoms with Gasteiger partial charge in [-0.1, -0.05) is 18.2 Å². The van der Waals surface area contributed by atoms with E-state index < -0.39 is 0 Å². The average Bonchev–Trinajstić information content (AvgIpc) is 2.25. The number of para-hydroxylation sites is 1. The number of aryl methyl sites for hydroxylation is 1. The van der Waals surface area contributed by atoms with Gasteiger partial charge in [-0.2, -0.15) is 0 Å². The van der Waals surface area contributed by atoms with E-state index in [0.717, 1.165) is 6.54 Å². The average molecular weight is 209 g/mol. The Bertz CT molecular complexity index is 276. The van der Waals surface area contributed by atoms with Gasteiger partial charge < -0.3 is 14.8 Å². The van der Waals surface area contributed by atoms with Gasteiger partial charge in [0.25, 0.3) is 0 Å². The number of methoxy groups -OCH3 is 1. The third kappa shape index (κ3) is 4.81. The van der Waals surface area contributed by atoms with Gasteiger partial charge in [-0.15, -0.1) is 0 Å². The van der Waals surface area contributed by atoms with E-state index in [9.17, 15) is 0 Å². The normalized spacial score (nSPS) is 10.3. The van der Waals surface area contributed by atoms with Crippen LogP contribution in [0.2, 0.25) is 0 Å². The topological polar surface area (TPSA) is 30.5 Å². The summed E-state index contributed by atoms with van der Waals surface area (Å²) in [5, 5.41) is 3.32. The van der Waals surface area contributed by atoms with Crippen LogP contribution in [0.5, 0.6) is 0 Å². The maximum absolute atomic E-state index is 5.35. The van der Waals surface area contributed by atoms with Gasteiger partial charge >= 0.3 is 0 Å². The van der Waals surface area contributed by atoms with Crippen molar-refractivity contribution in [2.24, 2.45) is 0 Å². The third-order valence-corrected chi connectivity index (χ3v) is 2.14. The number of anilines is 1. The zero-order valence-corrected chi connectivity index (χ0v) is 9.45. The molecule has 1 rings (SSSR count). The molecule has 0 fully saturated rings. The van der Waals surface area contributed by atoms with Crippen molar-refractivity contribution in [1.29, 1.82) is 0 Å². The van der Waals surface area contributed by atoms with Crippen LogP contribution < -0.4 is 5.32 Å². The molecule has 1 N–H and O–H groups in total. The lowest BCUT2D eigenvalue weighted by molar-refractivity contribution is 0.0759. The lowest BCUT2D eigenvalue weighted by Gasteiger charge is -2.09. The van der Waals surface area contributed by atoms with Crippen LogP contribution in [0.4, 0.5) is 5.69 Å². The highest BCUT2D eigenvalue weighted by molar-refractivity contribution is 5.50. The van der Waals surface area contributed by atoms with Crippen LogP contribution in [0.3, 0.4) is 0 Å². The molecule has 0 radical (unpaired) electrons. The summed E-state index contributed by atoms with van der Waals surface area (Å²) in [6, 6.07) is 8.23. The Kier molecular flexibility index (Phi) is 5.81. The fourth-order valence-electron chi connectivity index (χ4n) is 1.27. The van der Waals surface area contributed by atoms with Crippen LogP contribution in [0, 0.1) is 6.92 Å². The van der Waals surface area contributed by atoms with Gasteiger partial charge in [-0.3, -0.25) is 0 Å². The molecular formula is C12H19NO2. The molecule has 0 unspecified atom stereocenters. The second-order valence-electron chi connectivity index (χ2n) is 3.35. The molecule has 0 aliphatic rings. The molecular weight excluding hydrogens is 190 g/mol. The number of ether oxygens (including phenoxy) is 2. The Morgan fingerprint density at radius 2 is 1.93 bits per heavy atom. The highest BCUT2D eigenvalue weighted by atomic mass is 16.5. The Labute approximate surface area is 91.4 Å². The molecule has 15 heavy (non-hydrogen) atoms. The van der Waals surface area contributed by atoms with Gasteiger partial charge in [-0.25, -0.2) is 0 Å². The molecule has 0 saturated carbocycles. The minimum atomic E-state index is 0.657. The second kappa shape index (κ2) is 7.26. The molecule has 1 aromatic rings. The van der Waals surface area contributed by atoms with Crippen LogP contribution >= 0.6 is 0 Å². The van der Waals surface area contributed by atoms with Gasteiger partial charge in [0.05, 0.1) is 19.8 Å². The molecule has 0 aliphatic carbocycles. The van der Waals surface area contributed by atoms with Gasteiger partial charge in [0.1, 0.15) is 0 Å². The number of nitrogens with one attached hydrogen (secondary N) is 1. The smallest absolute Gasteiger partial charge is 0.0701 e. The molecule has 0 amide bonds. The Morgan fingerprint density at radius 3 is 2.67 bits per heavy atom. The SMILES string of the molecule is COCCOCCNc1ccccc1C.